The van der Waals surface area contributed by atoms with E-state index in [0.717, 1.165) is 10.2 Å². The first-order chi connectivity index (χ1) is 12.6. The topological polar surface area (TPSA) is 124 Å². The number of nitrogens with one attached hydrogen (secondary N) is 2. The summed E-state index contributed by atoms with van der Waals surface area (Å²) in [5.74, 6) is 0.897. The molecule has 10 nitrogen and oxygen atoms in total. The minimum Gasteiger partial charge on any atom is -0.497 e. The molecule has 3 rings (SSSR count). The van der Waals surface area contributed by atoms with Gasteiger partial charge in [-0.25, -0.2) is 15.0 Å². The highest BCUT2D eigenvalue weighted by molar-refractivity contribution is 7.22. The third kappa shape index (κ3) is 3.78. The third-order valence-corrected chi connectivity index (χ3v) is 4.36. The van der Waals surface area contributed by atoms with Gasteiger partial charge in [0.15, 0.2) is 5.13 Å². The number of methoxy groups -OCH3 is 2. The van der Waals surface area contributed by atoms with Gasteiger partial charge in [0.2, 0.25) is 11.6 Å². The quantitative estimate of drug-likeness (QED) is 0.347. The summed E-state index contributed by atoms with van der Waals surface area (Å²) in [6.07, 6.45) is 1.25. The van der Waals surface area contributed by atoms with E-state index in [9.17, 15) is 10.1 Å². The first-order valence-electron chi connectivity index (χ1n) is 7.56. The number of nitrogens with zero attached hydrogens (tertiary/aromatic N) is 4. The Hall–Kier alpha value is -3.05. The van der Waals surface area contributed by atoms with Crippen LogP contribution in [-0.4, -0.2) is 47.2 Å². The van der Waals surface area contributed by atoms with Crippen LogP contribution in [-0.2, 0) is 4.74 Å². The van der Waals surface area contributed by atoms with Crippen LogP contribution < -0.4 is 15.4 Å². The van der Waals surface area contributed by atoms with Crippen LogP contribution in [0.1, 0.15) is 0 Å². The number of fused-ring (bicyclic) bond motifs is 1. The van der Waals surface area contributed by atoms with Crippen molar-refractivity contribution in [1.29, 1.82) is 0 Å². The lowest BCUT2D eigenvalue weighted by atomic mass is 10.3. The second-order valence-corrected chi connectivity index (χ2v) is 6.10. The highest BCUT2D eigenvalue weighted by Crippen LogP contribution is 2.34. The second kappa shape index (κ2) is 7.89. The van der Waals surface area contributed by atoms with Crippen LogP contribution in [0.4, 0.5) is 22.5 Å². The molecule has 1 aromatic carbocycles. The zero-order valence-corrected chi connectivity index (χ0v) is 14.9. The molecule has 0 bridgehead atoms. The van der Waals surface area contributed by atoms with E-state index in [4.69, 9.17) is 9.47 Å². The Morgan fingerprint density at radius 1 is 1.27 bits per heavy atom. The molecule has 0 unspecified atom stereocenters. The largest absolute Gasteiger partial charge is 0.497 e. The fraction of sp³-hybridized carbons (Fsp3) is 0.267. The number of ether oxygens (including phenoxy) is 2. The van der Waals surface area contributed by atoms with E-state index in [2.05, 4.69) is 25.6 Å². The molecule has 0 aliphatic rings. The van der Waals surface area contributed by atoms with Gasteiger partial charge in [-0.05, 0) is 18.2 Å². The molecular formula is C15H16N6O4S. The number of aromatic nitrogens is 3. The number of benzene rings is 1. The molecule has 2 N–H and O–H groups in total. The smallest absolute Gasteiger partial charge is 0.353 e. The van der Waals surface area contributed by atoms with Gasteiger partial charge >= 0.3 is 5.69 Å². The summed E-state index contributed by atoms with van der Waals surface area (Å²) in [6.45, 7) is 0.776. The Morgan fingerprint density at radius 2 is 2.08 bits per heavy atom. The van der Waals surface area contributed by atoms with Crippen LogP contribution >= 0.6 is 11.3 Å². The maximum atomic E-state index is 11.5. The van der Waals surface area contributed by atoms with Crippen molar-refractivity contribution in [3.05, 3.63) is 34.6 Å². The molecule has 0 fully saturated rings. The molecule has 136 valence electrons. The third-order valence-electron chi connectivity index (χ3n) is 3.42. The molecule has 0 aliphatic carbocycles. The van der Waals surface area contributed by atoms with Crippen molar-refractivity contribution in [2.75, 3.05) is 38.0 Å². The predicted octanol–water partition coefficient (Wildman–Crippen LogP) is 2.81. The molecule has 0 radical (unpaired) electrons. The summed E-state index contributed by atoms with van der Waals surface area (Å²) in [4.78, 5) is 23.3. The highest BCUT2D eigenvalue weighted by atomic mass is 32.1. The zero-order chi connectivity index (χ0) is 18.5. The van der Waals surface area contributed by atoms with Crippen molar-refractivity contribution in [3.8, 4) is 5.75 Å². The molecular weight excluding hydrogens is 360 g/mol. The van der Waals surface area contributed by atoms with E-state index in [-0.39, 0.29) is 17.3 Å². The first kappa shape index (κ1) is 17.8. The fourth-order valence-corrected chi connectivity index (χ4v) is 3.12. The van der Waals surface area contributed by atoms with E-state index in [1.54, 1.807) is 20.3 Å². The minimum atomic E-state index is -0.534. The minimum absolute atomic E-state index is 0.0657. The second-order valence-electron chi connectivity index (χ2n) is 5.07. The molecule has 2 heterocycles. The molecule has 0 spiro atoms. The maximum absolute atomic E-state index is 11.5. The lowest BCUT2D eigenvalue weighted by Crippen LogP contribution is -2.12. The van der Waals surface area contributed by atoms with E-state index in [1.807, 2.05) is 12.1 Å². The van der Waals surface area contributed by atoms with Crippen molar-refractivity contribution < 1.29 is 14.4 Å². The summed E-state index contributed by atoms with van der Waals surface area (Å²) >= 11 is 1.34. The van der Waals surface area contributed by atoms with Crippen LogP contribution in [0.3, 0.4) is 0 Å². The number of hydrogen-bond acceptors (Lipinski definition) is 10. The Balaban J connectivity index is 1.91. The number of rotatable bonds is 8. The van der Waals surface area contributed by atoms with E-state index < -0.39 is 4.92 Å². The van der Waals surface area contributed by atoms with Gasteiger partial charge in [-0.3, -0.25) is 10.1 Å². The average Bonchev–Trinajstić information content (AvgIpc) is 3.03. The number of nitro groups is 1. The van der Waals surface area contributed by atoms with Crippen molar-refractivity contribution in [2.24, 2.45) is 0 Å². The lowest BCUT2D eigenvalue weighted by Gasteiger charge is -2.08. The maximum Gasteiger partial charge on any atom is 0.353 e. The summed E-state index contributed by atoms with van der Waals surface area (Å²) < 4.78 is 11.0. The summed E-state index contributed by atoms with van der Waals surface area (Å²) in [5.41, 5.74) is 0.508. The molecule has 0 amide bonds. The van der Waals surface area contributed by atoms with Gasteiger partial charge in [-0.1, -0.05) is 11.3 Å². The zero-order valence-electron chi connectivity index (χ0n) is 14.1. The molecule has 0 atom stereocenters. The molecule has 0 saturated carbocycles. The number of hydrogen-bond donors (Lipinski definition) is 2. The van der Waals surface area contributed by atoms with Crippen LogP contribution in [0, 0.1) is 10.1 Å². The molecule has 2 aromatic heterocycles. The van der Waals surface area contributed by atoms with Gasteiger partial charge in [0, 0.05) is 13.7 Å². The van der Waals surface area contributed by atoms with Crippen molar-refractivity contribution in [1.82, 2.24) is 15.0 Å². The van der Waals surface area contributed by atoms with Crippen molar-refractivity contribution >= 4 is 44.0 Å². The van der Waals surface area contributed by atoms with Gasteiger partial charge < -0.3 is 20.1 Å². The summed E-state index contributed by atoms with van der Waals surface area (Å²) in [5, 5.41) is 17.8. The first-order valence-corrected chi connectivity index (χ1v) is 8.38. The Bertz CT molecular complexity index is 932. The lowest BCUT2D eigenvalue weighted by molar-refractivity contribution is -0.383. The number of thiazole rings is 1. The monoisotopic (exact) mass is 376 g/mol. The van der Waals surface area contributed by atoms with E-state index in [1.165, 1.54) is 17.7 Å². The van der Waals surface area contributed by atoms with Gasteiger partial charge in [0.1, 0.15) is 12.1 Å². The van der Waals surface area contributed by atoms with Gasteiger partial charge in [0.05, 0.1) is 28.9 Å². The number of anilines is 3. The predicted molar refractivity (Wildman–Crippen MR) is 98.5 cm³/mol. The molecule has 0 aliphatic heterocycles. The molecule has 11 heteroatoms. The van der Waals surface area contributed by atoms with Crippen LogP contribution in [0.5, 0.6) is 5.75 Å². The molecule has 3 aromatic rings. The molecule has 0 saturated heterocycles. The SMILES string of the molecule is COCCNc1ncnc(Nc2nc3ccc(OC)cc3s2)c1[N+](=O)[O-]. The van der Waals surface area contributed by atoms with E-state index >= 15 is 0 Å². The fourth-order valence-electron chi connectivity index (χ4n) is 2.23. The van der Waals surface area contributed by atoms with Crippen LogP contribution in [0.25, 0.3) is 10.2 Å². The van der Waals surface area contributed by atoms with Gasteiger partial charge in [0.25, 0.3) is 0 Å². The highest BCUT2D eigenvalue weighted by Gasteiger charge is 2.23. The Morgan fingerprint density at radius 3 is 2.81 bits per heavy atom. The van der Waals surface area contributed by atoms with Gasteiger partial charge in [-0.2, -0.15) is 0 Å². The van der Waals surface area contributed by atoms with Crippen LogP contribution in [0.2, 0.25) is 0 Å². The van der Waals surface area contributed by atoms with Crippen molar-refractivity contribution in [3.63, 3.8) is 0 Å². The Labute approximate surface area is 152 Å². The Kier molecular flexibility index (Phi) is 5.39. The van der Waals surface area contributed by atoms with Crippen LogP contribution in [0.15, 0.2) is 24.5 Å². The average molecular weight is 376 g/mol. The van der Waals surface area contributed by atoms with E-state index in [0.29, 0.717) is 24.0 Å². The van der Waals surface area contributed by atoms with Crippen molar-refractivity contribution in [2.45, 2.75) is 0 Å². The molecule has 26 heavy (non-hydrogen) atoms. The summed E-state index contributed by atoms with van der Waals surface area (Å²) in [6, 6.07) is 5.48. The summed E-state index contributed by atoms with van der Waals surface area (Å²) in [7, 11) is 3.13. The standard InChI is InChI=1S/C15H16N6O4S/c1-24-6-5-16-13-12(21(22)23)14(18-8-17-13)20-15-19-10-4-3-9(25-2)7-11(10)26-15/h3-4,7-8H,5-6H2,1-2H3,(H2,16,17,18,19,20). The normalized spacial score (nSPS) is 10.7. The van der Waals surface area contributed by atoms with Gasteiger partial charge in [-0.15, -0.1) is 0 Å².